The van der Waals surface area contributed by atoms with Crippen molar-refractivity contribution in [2.75, 3.05) is 0 Å². The Morgan fingerprint density at radius 3 is 0.939 bits per heavy atom. The number of aromatic nitrogens is 4. The van der Waals surface area contributed by atoms with Crippen molar-refractivity contribution < 1.29 is 0 Å². The lowest BCUT2D eigenvalue weighted by Gasteiger charge is -2.39. The van der Waals surface area contributed by atoms with Gasteiger partial charge in [-0.1, -0.05) is 170 Å². The molecular weight excluding hydrogens is 1040 g/mol. The summed E-state index contributed by atoms with van der Waals surface area (Å²) < 4.78 is 14.4. The van der Waals surface area contributed by atoms with Gasteiger partial charge in [0.1, 0.15) is 12.1 Å². The molecule has 6 aromatic heterocycles. The molecule has 17 aromatic rings. The van der Waals surface area contributed by atoms with Crippen molar-refractivity contribution in [3.05, 3.63) is 241 Å². The van der Waals surface area contributed by atoms with Gasteiger partial charge in [-0.2, -0.15) is 10.5 Å². The average molecular weight is 1090 g/mol. The van der Waals surface area contributed by atoms with Crippen LogP contribution in [0.3, 0.4) is 0 Å². The molecule has 0 aliphatic heterocycles. The number of fused-ring (bicyclic) bond motifs is 20. The van der Waals surface area contributed by atoms with Crippen LogP contribution in [0, 0.1) is 22.7 Å². The van der Waals surface area contributed by atoms with Gasteiger partial charge in [0, 0.05) is 107 Å². The third-order valence-corrected chi connectivity index (χ3v) is 20.4. The van der Waals surface area contributed by atoms with Crippen LogP contribution in [0.25, 0.3) is 139 Å². The smallest absolute Gasteiger partial charge is 0.102 e. The molecule has 11 aromatic carbocycles. The molecule has 0 bridgehead atoms. The van der Waals surface area contributed by atoms with E-state index in [0.29, 0.717) is 16.7 Å². The van der Waals surface area contributed by atoms with Crippen LogP contribution in [0.5, 0.6) is 0 Å². The SMILES string of the molecule is CC(C)(c1c(C#N)c(-n2c3ccccc3c3ccc4c5ccccc5sc4c32)c(C(C)(C)n2c3ccccc3c3ccccc32)c(-n2c3ccccc3c3ccc4c5ccccc5sc4c32)c1C#N)n1c2ccccc2c2ccccc21. The molecule has 0 amide bonds. The zero-order valence-electron chi connectivity index (χ0n) is 45.3. The third-order valence-electron chi connectivity index (χ3n) is 18.0. The molecule has 386 valence electrons. The zero-order valence-corrected chi connectivity index (χ0v) is 46.9. The number of para-hydroxylation sites is 6. The van der Waals surface area contributed by atoms with Crippen molar-refractivity contribution in [1.29, 1.82) is 10.5 Å². The topological polar surface area (TPSA) is 67.3 Å². The van der Waals surface area contributed by atoms with Crippen LogP contribution in [0.1, 0.15) is 49.9 Å². The molecule has 82 heavy (non-hydrogen) atoms. The minimum absolute atomic E-state index is 0.449. The Kier molecular flexibility index (Phi) is 9.61. The van der Waals surface area contributed by atoms with Crippen LogP contribution in [-0.4, -0.2) is 18.3 Å². The maximum atomic E-state index is 12.9. The van der Waals surface area contributed by atoms with Gasteiger partial charge >= 0.3 is 0 Å². The van der Waals surface area contributed by atoms with Gasteiger partial charge in [0.25, 0.3) is 0 Å². The van der Waals surface area contributed by atoms with E-state index in [1.807, 2.05) is 0 Å². The molecule has 8 heteroatoms. The first-order valence-corrected chi connectivity index (χ1v) is 29.5. The van der Waals surface area contributed by atoms with Gasteiger partial charge in [0.2, 0.25) is 0 Å². The Hall–Kier alpha value is -9.96. The van der Waals surface area contributed by atoms with Gasteiger partial charge in [-0.25, -0.2) is 0 Å². The molecule has 0 N–H and O–H groups in total. The van der Waals surface area contributed by atoms with Crippen LogP contribution in [0.15, 0.2) is 218 Å². The fourth-order valence-corrected chi connectivity index (χ4v) is 17.3. The first kappa shape index (κ1) is 46.9. The average Bonchev–Trinajstić information content (AvgIpc) is 2.62. The van der Waals surface area contributed by atoms with E-state index >= 15 is 0 Å². The molecule has 0 aliphatic rings. The molecule has 0 atom stereocenters. The van der Waals surface area contributed by atoms with E-state index in [0.717, 1.165) is 124 Å². The minimum Gasteiger partial charge on any atom is -0.331 e. The number of thiophene rings is 2. The maximum Gasteiger partial charge on any atom is 0.102 e. The highest BCUT2D eigenvalue weighted by atomic mass is 32.1. The van der Waals surface area contributed by atoms with Gasteiger partial charge in [0.15, 0.2) is 0 Å². The molecule has 0 unspecified atom stereocenters. The van der Waals surface area contributed by atoms with E-state index in [1.54, 1.807) is 22.7 Å². The molecular formula is C74H48N6S2. The van der Waals surface area contributed by atoms with E-state index in [1.165, 1.54) is 20.2 Å². The summed E-state index contributed by atoms with van der Waals surface area (Å²) in [5.41, 5.74) is 10.0. The number of nitriles is 2. The van der Waals surface area contributed by atoms with E-state index in [9.17, 15) is 10.5 Å². The Morgan fingerprint density at radius 2 is 0.585 bits per heavy atom. The predicted molar refractivity (Wildman–Crippen MR) is 346 cm³/mol. The molecule has 17 rings (SSSR count). The largest absolute Gasteiger partial charge is 0.331 e. The summed E-state index contributed by atoms with van der Waals surface area (Å²) in [6.07, 6.45) is 0. The van der Waals surface area contributed by atoms with Gasteiger partial charge in [-0.15, -0.1) is 22.7 Å². The summed E-state index contributed by atoms with van der Waals surface area (Å²) >= 11 is 3.60. The van der Waals surface area contributed by atoms with Crippen LogP contribution in [-0.2, 0) is 11.1 Å². The highest BCUT2D eigenvalue weighted by molar-refractivity contribution is 7.27. The second kappa shape index (κ2) is 16.8. The van der Waals surface area contributed by atoms with Gasteiger partial charge in [-0.05, 0) is 76.2 Å². The number of benzene rings is 11. The monoisotopic (exact) mass is 1080 g/mol. The van der Waals surface area contributed by atoms with Crippen molar-refractivity contribution in [1.82, 2.24) is 18.3 Å². The molecule has 0 saturated heterocycles. The summed E-state index contributed by atoms with van der Waals surface area (Å²) in [5.74, 6) is 0. The van der Waals surface area contributed by atoms with Crippen LogP contribution in [0.4, 0.5) is 0 Å². The first-order chi connectivity index (χ1) is 40.2. The summed E-state index contributed by atoms with van der Waals surface area (Å²) in [7, 11) is 0. The lowest BCUT2D eigenvalue weighted by molar-refractivity contribution is 0.451. The standard InChI is InChI=1S/C74H48N6S2/c1-73(2,79-59-31-15-7-21-43(59)44-22-8-16-32-60(44)79)65-55(41-75)67(77-57-29-13-5-25-47(57)51-37-39-53-49-27-11-19-35-63(49)81-71(53)69(51)77)66(74(3,4)80-61-33-17-9-23-45(61)46-24-10-18-34-62(46)80)68(56(65)42-76)78-58-30-14-6-26-48(58)52-38-40-54-50-28-12-20-36-64(50)82-72(54)70(52)78/h5-40H,1-4H3. The maximum absolute atomic E-state index is 12.9. The van der Waals surface area contributed by atoms with Gasteiger partial charge in [0.05, 0.1) is 65.0 Å². The summed E-state index contributed by atoms with van der Waals surface area (Å²) in [5, 5.41) is 39.4. The van der Waals surface area contributed by atoms with Gasteiger partial charge < -0.3 is 18.3 Å². The van der Waals surface area contributed by atoms with E-state index < -0.39 is 11.1 Å². The predicted octanol–water partition coefficient (Wildman–Crippen LogP) is 20.1. The number of hydrogen-bond donors (Lipinski definition) is 0. The molecule has 0 spiro atoms. The van der Waals surface area contributed by atoms with Crippen LogP contribution in [0.2, 0.25) is 0 Å². The normalized spacial score (nSPS) is 12.6. The number of rotatable bonds is 6. The van der Waals surface area contributed by atoms with Crippen molar-refractivity contribution >= 4 is 150 Å². The Bertz CT molecular complexity index is 5420. The Morgan fingerprint density at radius 1 is 0.305 bits per heavy atom. The van der Waals surface area contributed by atoms with Gasteiger partial charge in [-0.3, -0.25) is 0 Å². The van der Waals surface area contributed by atoms with Crippen molar-refractivity contribution in [2.45, 2.75) is 38.8 Å². The van der Waals surface area contributed by atoms with Crippen LogP contribution >= 0.6 is 22.7 Å². The van der Waals surface area contributed by atoms with Crippen molar-refractivity contribution in [2.24, 2.45) is 0 Å². The molecule has 0 aliphatic carbocycles. The van der Waals surface area contributed by atoms with Crippen molar-refractivity contribution in [3.8, 4) is 23.5 Å². The number of hydrogen-bond acceptors (Lipinski definition) is 4. The minimum atomic E-state index is -1.05. The fourth-order valence-electron chi connectivity index (χ4n) is 14.8. The second-order valence-electron chi connectivity index (χ2n) is 22.9. The Labute approximate surface area is 479 Å². The van der Waals surface area contributed by atoms with Crippen LogP contribution < -0.4 is 0 Å². The molecule has 6 heterocycles. The summed E-state index contributed by atoms with van der Waals surface area (Å²) in [6.45, 7) is 9.08. The molecule has 0 saturated carbocycles. The summed E-state index contributed by atoms with van der Waals surface area (Å²) in [4.78, 5) is 0. The van der Waals surface area contributed by atoms with E-state index in [-0.39, 0.29) is 0 Å². The molecule has 6 nitrogen and oxygen atoms in total. The second-order valence-corrected chi connectivity index (χ2v) is 25.0. The fraction of sp³-hybridized carbons (Fsp3) is 0.0811. The quantitative estimate of drug-likeness (QED) is 0.166. The zero-order chi connectivity index (χ0) is 54.9. The highest BCUT2D eigenvalue weighted by Crippen LogP contribution is 2.54. The molecule has 0 radical (unpaired) electrons. The lowest BCUT2D eigenvalue weighted by Crippen LogP contribution is -2.35. The molecule has 0 fully saturated rings. The first-order valence-electron chi connectivity index (χ1n) is 27.9. The summed E-state index contributed by atoms with van der Waals surface area (Å²) in [6, 6.07) is 84.6. The number of nitrogens with zero attached hydrogens (tertiary/aromatic N) is 6. The van der Waals surface area contributed by atoms with E-state index in [4.69, 9.17) is 0 Å². The Balaban J connectivity index is 1.19. The van der Waals surface area contributed by atoms with E-state index in [2.05, 4.69) is 276 Å². The lowest BCUT2D eigenvalue weighted by atomic mass is 9.78. The van der Waals surface area contributed by atoms with Crippen molar-refractivity contribution in [3.63, 3.8) is 0 Å². The highest BCUT2D eigenvalue weighted by Gasteiger charge is 2.44. The third kappa shape index (κ3) is 5.99.